The largest absolute Gasteiger partial charge is 0.509 e. The number of benzene rings is 7. The Morgan fingerprint density at radius 3 is 1.81 bits per heavy atom. The zero-order valence-electron chi connectivity index (χ0n) is 41.9. The number of nitrogens with zero attached hydrogens (tertiary/aromatic N) is 4. The van der Waals surface area contributed by atoms with Crippen LogP contribution in [0.1, 0.15) is 97.1 Å². The molecule has 0 bridgehead atoms. The van der Waals surface area contributed by atoms with Crippen LogP contribution in [0.2, 0.25) is 0 Å². The topological polar surface area (TPSA) is 33.5 Å². The van der Waals surface area contributed by atoms with Crippen molar-refractivity contribution >= 4 is 33.2 Å². The van der Waals surface area contributed by atoms with Gasteiger partial charge in [0.15, 0.2) is 0 Å². The van der Waals surface area contributed by atoms with Gasteiger partial charge in [0.2, 0.25) is 0 Å². The van der Waals surface area contributed by atoms with Crippen molar-refractivity contribution in [3.8, 4) is 28.4 Å². The summed E-state index contributed by atoms with van der Waals surface area (Å²) < 4.78 is 9.04. The van der Waals surface area contributed by atoms with Gasteiger partial charge < -0.3 is 19.1 Å². The van der Waals surface area contributed by atoms with E-state index in [1.165, 1.54) is 38.9 Å². The molecular formula is C64H61N4OPt-3. The van der Waals surface area contributed by atoms with Crippen LogP contribution in [0.5, 0.6) is 11.5 Å². The zero-order chi connectivity index (χ0) is 48.3. The van der Waals surface area contributed by atoms with Crippen LogP contribution in [0.3, 0.4) is 0 Å². The van der Waals surface area contributed by atoms with Crippen molar-refractivity contribution in [2.24, 2.45) is 0 Å². The molecule has 0 aliphatic carbocycles. The molecule has 0 saturated heterocycles. The third-order valence-electron chi connectivity index (χ3n) is 14.0. The van der Waals surface area contributed by atoms with E-state index in [4.69, 9.17) is 9.72 Å². The molecule has 0 radical (unpaired) electrons. The minimum Gasteiger partial charge on any atom is -0.509 e. The molecule has 0 N–H and O–H groups in total. The van der Waals surface area contributed by atoms with Crippen molar-refractivity contribution in [1.82, 2.24) is 9.55 Å². The Balaban J connectivity index is 0.00000608. The summed E-state index contributed by atoms with van der Waals surface area (Å²) in [4.78, 5) is 9.55. The van der Waals surface area contributed by atoms with Crippen LogP contribution in [0, 0.1) is 18.8 Å². The quantitative estimate of drug-likeness (QED) is 0.128. The van der Waals surface area contributed by atoms with Crippen LogP contribution in [0.15, 0.2) is 188 Å². The van der Waals surface area contributed by atoms with Gasteiger partial charge in [-0.25, -0.2) is 4.98 Å². The summed E-state index contributed by atoms with van der Waals surface area (Å²) in [6.07, 6.45) is 4.21. The summed E-state index contributed by atoms with van der Waals surface area (Å²) in [6, 6.07) is 67.9. The molecule has 1 aliphatic heterocycles. The third kappa shape index (κ3) is 9.25. The maximum absolute atomic E-state index is 6.80. The maximum Gasteiger partial charge on any atom is 0.135 e. The summed E-state index contributed by atoms with van der Waals surface area (Å²) >= 11 is 0. The molecule has 0 unspecified atom stereocenters. The molecule has 2 aromatic heterocycles. The Morgan fingerprint density at radius 1 is 0.500 bits per heavy atom. The van der Waals surface area contributed by atoms with Crippen LogP contribution in [-0.2, 0) is 42.7 Å². The molecule has 6 heteroatoms. The van der Waals surface area contributed by atoms with Crippen molar-refractivity contribution < 1.29 is 25.8 Å². The first-order chi connectivity index (χ1) is 32.9. The maximum atomic E-state index is 6.80. The van der Waals surface area contributed by atoms with E-state index in [-0.39, 0.29) is 42.7 Å². The second-order valence-corrected chi connectivity index (χ2v) is 21.6. The minimum atomic E-state index is -0.373. The number of allylic oxidation sites excluding steroid dienone is 1. The Bertz CT molecular complexity index is 3360. The van der Waals surface area contributed by atoms with Crippen molar-refractivity contribution in [2.45, 2.75) is 90.9 Å². The summed E-state index contributed by atoms with van der Waals surface area (Å²) in [5, 5.41) is 2.24. The molecule has 0 saturated carbocycles. The van der Waals surface area contributed by atoms with Gasteiger partial charge in [-0.2, -0.15) is 12.1 Å². The number of pyridine rings is 1. The van der Waals surface area contributed by atoms with E-state index in [0.29, 0.717) is 11.5 Å². The van der Waals surface area contributed by atoms with Crippen molar-refractivity contribution in [2.75, 3.05) is 9.80 Å². The average Bonchev–Trinajstić information content (AvgIpc) is 3.95. The van der Waals surface area contributed by atoms with E-state index in [2.05, 4.69) is 260 Å². The normalized spacial score (nSPS) is 13.4. The monoisotopic (exact) mass is 1100 g/mol. The van der Waals surface area contributed by atoms with Crippen LogP contribution >= 0.6 is 0 Å². The third-order valence-corrected chi connectivity index (χ3v) is 14.0. The van der Waals surface area contributed by atoms with Crippen LogP contribution in [-0.4, -0.2) is 9.55 Å². The van der Waals surface area contributed by atoms with Crippen LogP contribution in [0.25, 0.3) is 38.8 Å². The summed E-state index contributed by atoms with van der Waals surface area (Å²) in [5.41, 5.74) is 12.9. The van der Waals surface area contributed by atoms with E-state index in [0.717, 1.165) is 44.7 Å². The molecule has 5 nitrogen and oxygen atoms in total. The van der Waals surface area contributed by atoms with E-state index >= 15 is 0 Å². The number of aromatic nitrogens is 2. The van der Waals surface area contributed by atoms with E-state index in [1.54, 1.807) is 0 Å². The van der Waals surface area contributed by atoms with E-state index < -0.39 is 0 Å². The van der Waals surface area contributed by atoms with Gasteiger partial charge in [0.05, 0.1) is 0 Å². The second kappa shape index (κ2) is 18.6. The standard InChI is InChI=1S/C64H61N4O.Pt/c1-61(2,3)48-29-32-57-56(38-48)55-31-30-54(41-58(55)68(57)60-39-49(33-34-65-60)63(7,8)46-23-16-12-17-24-46)69-53-28-20-27-51(40-53)67-43-66(42-59(67)64(9,10)47-25-18-13-19-26-47)52-36-45(44-21-14-11-15-22-44)35-50(37-52)62(4,5)6;/h11-39,42-43H,1-10H3;/q-3;. The van der Waals surface area contributed by atoms with Gasteiger partial charge in [-0.05, 0) is 91.7 Å². The second-order valence-electron chi connectivity index (χ2n) is 21.6. The van der Waals surface area contributed by atoms with E-state index in [9.17, 15) is 0 Å². The van der Waals surface area contributed by atoms with Gasteiger partial charge in [0.25, 0.3) is 0 Å². The predicted octanol–water partition coefficient (Wildman–Crippen LogP) is 16.4. The summed E-state index contributed by atoms with van der Waals surface area (Å²) in [7, 11) is 0. The number of hydrogen-bond donors (Lipinski definition) is 0. The van der Waals surface area contributed by atoms with Crippen LogP contribution < -0.4 is 14.5 Å². The molecule has 7 aromatic carbocycles. The Kier molecular flexibility index (Phi) is 12.8. The van der Waals surface area contributed by atoms with Gasteiger partial charge in [-0.3, -0.25) is 0 Å². The van der Waals surface area contributed by atoms with Gasteiger partial charge in [-0.1, -0.05) is 184 Å². The SMILES string of the molecule is CC(C)(C)c1cc(-c2ccccc2)cc(N2C=C(C(C)(C)c3ccccc3)N(c3[c-]c(Oc4[c-]c5c(cc4)c4cc(C(C)(C)C)ccc4n5-c4cc(C(C)(C)c5ccccc5)ccn4)ccc3)[CH-]2)c1.[Pt]. The Labute approximate surface area is 429 Å². The minimum absolute atomic E-state index is 0. The molecule has 0 spiro atoms. The molecule has 3 heterocycles. The van der Waals surface area contributed by atoms with Gasteiger partial charge in [0.1, 0.15) is 5.82 Å². The fraction of sp³-hybridized carbons (Fsp3) is 0.219. The first kappa shape index (κ1) is 48.3. The summed E-state index contributed by atoms with van der Waals surface area (Å²) in [5.74, 6) is 2.02. The molecule has 0 atom stereocenters. The molecule has 9 aromatic rings. The first-order valence-electron chi connectivity index (χ1n) is 24.1. The fourth-order valence-corrected chi connectivity index (χ4v) is 9.60. The smallest absolute Gasteiger partial charge is 0.135 e. The number of rotatable bonds is 10. The van der Waals surface area contributed by atoms with E-state index in [1.807, 2.05) is 24.4 Å². The average molecular weight is 1100 g/mol. The van der Waals surface area contributed by atoms with Crippen molar-refractivity contribution in [1.29, 1.82) is 0 Å². The van der Waals surface area contributed by atoms with Crippen LogP contribution in [0.4, 0.5) is 11.4 Å². The predicted molar refractivity (Wildman–Crippen MR) is 287 cm³/mol. The molecule has 356 valence electrons. The van der Waals surface area contributed by atoms with Gasteiger partial charge >= 0.3 is 0 Å². The zero-order valence-corrected chi connectivity index (χ0v) is 44.2. The number of fused-ring (bicyclic) bond motifs is 3. The molecular weight excluding hydrogens is 1040 g/mol. The Morgan fingerprint density at radius 2 is 1.14 bits per heavy atom. The number of hydrogen-bond acceptors (Lipinski definition) is 4. The molecule has 70 heavy (non-hydrogen) atoms. The van der Waals surface area contributed by atoms with Crippen molar-refractivity contribution in [3.05, 3.63) is 235 Å². The Hall–Kier alpha value is -6.68. The molecule has 1 aliphatic rings. The fourth-order valence-electron chi connectivity index (χ4n) is 9.60. The van der Waals surface area contributed by atoms with Gasteiger partial charge in [0, 0.05) is 66.5 Å². The number of anilines is 2. The molecule has 0 amide bonds. The molecule has 10 rings (SSSR count). The van der Waals surface area contributed by atoms with Crippen molar-refractivity contribution in [3.63, 3.8) is 0 Å². The number of ether oxygens (including phenoxy) is 1. The molecule has 0 fully saturated rings. The summed E-state index contributed by atoms with van der Waals surface area (Å²) in [6.45, 7) is 24.9. The van der Waals surface area contributed by atoms with Gasteiger partial charge in [-0.15, -0.1) is 48.1 Å². The first-order valence-corrected chi connectivity index (χ1v) is 24.1.